The molecule has 2 heterocycles. The van der Waals surface area contributed by atoms with Gasteiger partial charge in [0, 0.05) is 37.8 Å². The van der Waals surface area contributed by atoms with E-state index in [1.165, 1.54) is 5.56 Å². The second-order valence-corrected chi connectivity index (χ2v) is 8.38. The molecule has 3 aromatic rings. The summed E-state index contributed by atoms with van der Waals surface area (Å²) in [5.74, 6) is 5.67. The Hall–Kier alpha value is -3.89. The maximum atomic E-state index is 11.1. The van der Waals surface area contributed by atoms with Crippen molar-refractivity contribution >= 4 is 11.9 Å². The molecule has 7 heteroatoms. The number of hydrogen-bond donors (Lipinski definition) is 2. The van der Waals surface area contributed by atoms with Crippen molar-refractivity contribution in [2.24, 2.45) is 0 Å². The molecule has 0 saturated heterocycles. The summed E-state index contributed by atoms with van der Waals surface area (Å²) < 4.78 is 5.98. The smallest absolute Gasteiger partial charge is 0.304 e. The molecule has 3 N–H and O–H groups in total. The molecule has 174 valence electrons. The van der Waals surface area contributed by atoms with E-state index in [0.717, 1.165) is 54.2 Å². The van der Waals surface area contributed by atoms with Gasteiger partial charge in [0.2, 0.25) is 5.95 Å². The number of aliphatic carboxylic acids is 1. The third-order valence-corrected chi connectivity index (χ3v) is 5.81. The fraction of sp³-hybridized carbons (Fsp3) is 0.296. The van der Waals surface area contributed by atoms with E-state index in [-0.39, 0.29) is 12.3 Å². The molecule has 1 atom stereocenters. The zero-order valence-corrected chi connectivity index (χ0v) is 19.2. The van der Waals surface area contributed by atoms with E-state index in [1.54, 1.807) is 6.92 Å². The predicted octanol–water partition coefficient (Wildman–Crippen LogP) is 3.78. The molecule has 1 aliphatic rings. The predicted molar refractivity (Wildman–Crippen MR) is 130 cm³/mol. The summed E-state index contributed by atoms with van der Waals surface area (Å²) in [5, 5.41) is 9.11. The number of anilines is 1. The van der Waals surface area contributed by atoms with Crippen molar-refractivity contribution in [3.8, 4) is 17.6 Å². The lowest BCUT2D eigenvalue weighted by molar-refractivity contribution is -0.137. The highest BCUT2D eigenvalue weighted by Crippen LogP contribution is 2.23. The van der Waals surface area contributed by atoms with Crippen molar-refractivity contribution in [2.75, 3.05) is 12.3 Å². The summed E-state index contributed by atoms with van der Waals surface area (Å²) in [6.07, 6.45) is 2.69. The maximum Gasteiger partial charge on any atom is 0.304 e. The first-order valence-electron chi connectivity index (χ1n) is 11.3. The van der Waals surface area contributed by atoms with E-state index >= 15 is 0 Å². The van der Waals surface area contributed by atoms with Crippen molar-refractivity contribution in [3.05, 3.63) is 82.7 Å². The van der Waals surface area contributed by atoms with Gasteiger partial charge >= 0.3 is 5.97 Å². The number of nitrogen functional groups attached to an aromatic ring is 1. The van der Waals surface area contributed by atoms with Crippen molar-refractivity contribution < 1.29 is 14.6 Å². The molecule has 0 fully saturated rings. The monoisotopic (exact) mass is 456 g/mol. The number of nitrogens with zero attached hydrogens (tertiary/aromatic N) is 3. The van der Waals surface area contributed by atoms with Crippen molar-refractivity contribution in [2.45, 2.75) is 45.4 Å². The Balaban J connectivity index is 1.34. The Bertz CT molecular complexity index is 1210. The third kappa shape index (κ3) is 6.12. The summed E-state index contributed by atoms with van der Waals surface area (Å²) in [6.45, 7) is 4.76. The number of carbonyl (C=O) groups is 1. The second-order valence-electron chi connectivity index (χ2n) is 8.38. The van der Waals surface area contributed by atoms with E-state index in [2.05, 4.69) is 51.0 Å². The molecular weight excluding hydrogens is 428 g/mol. The molecule has 1 aliphatic heterocycles. The number of fused-ring (bicyclic) bond motifs is 1. The zero-order chi connectivity index (χ0) is 23.9. The first-order chi connectivity index (χ1) is 16.5. The molecule has 34 heavy (non-hydrogen) atoms. The largest absolute Gasteiger partial charge is 0.489 e. The molecule has 1 aromatic heterocycles. The van der Waals surface area contributed by atoms with Crippen LogP contribution in [-0.2, 0) is 30.9 Å². The van der Waals surface area contributed by atoms with Crippen LogP contribution >= 0.6 is 0 Å². The van der Waals surface area contributed by atoms with Crippen LogP contribution in [0.1, 0.15) is 47.2 Å². The van der Waals surface area contributed by atoms with Gasteiger partial charge in [-0.15, -0.1) is 5.92 Å². The molecule has 0 spiro atoms. The third-order valence-electron chi connectivity index (χ3n) is 5.81. The molecule has 1 unspecified atom stereocenters. The van der Waals surface area contributed by atoms with E-state index in [0.29, 0.717) is 12.6 Å². The van der Waals surface area contributed by atoms with Crippen molar-refractivity contribution in [3.63, 3.8) is 0 Å². The van der Waals surface area contributed by atoms with Crippen LogP contribution in [0.15, 0.2) is 54.7 Å². The van der Waals surface area contributed by atoms with Gasteiger partial charge in [-0.25, -0.2) is 9.97 Å². The summed E-state index contributed by atoms with van der Waals surface area (Å²) in [7, 11) is 0. The van der Waals surface area contributed by atoms with Crippen molar-refractivity contribution in [1.29, 1.82) is 0 Å². The number of carboxylic acid groups (broad SMARTS) is 1. The Labute approximate surface area is 199 Å². The first-order valence-corrected chi connectivity index (χ1v) is 11.3. The van der Waals surface area contributed by atoms with Gasteiger partial charge in [-0.2, -0.15) is 0 Å². The minimum absolute atomic E-state index is 0.0163. The number of nitrogens with two attached hydrogens (primary N) is 1. The van der Waals surface area contributed by atoms with Gasteiger partial charge in [0.25, 0.3) is 0 Å². The summed E-state index contributed by atoms with van der Waals surface area (Å²) in [6, 6.07) is 15.9. The second kappa shape index (κ2) is 10.8. The Morgan fingerprint density at radius 1 is 1.24 bits per heavy atom. The number of carboxylic acids is 1. The molecule has 0 amide bonds. The zero-order valence-electron chi connectivity index (χ0n) is 19.2. The van der Waals surface area contributed by atoms with Gasteiger partial charge in [-0.05, 0) is 35.7 Å². The fourth-order valence-electron chi connectivity index (χ4n) is 4.17. The van der Waals surface area contributed by atoms with Gasteiger partial charge in [0.05, 0.1) is 18.0 Å². The first kappa shape index (κ1) is 23.3. The van der Waals surface area contributed by atoms with E-state index < -0.39 is 5.97 Å². The van der Waals surface area contributed by atoms with Crippen LogP contribution in [0.2, 0.25) is 0 Å². The van der Waals surface area contributed by atoms with E-state index in [1.807, 2.05) is 30.5 Å². The lowest BCUT2D eigenvalue weighted by Gasteiger charge is -2.28. The average molecular weight is 457 g/mol. The SMILES string of the molecule is CC#CC(CC(=O)O)c1ccc(OCc2cccc(CN3CCc4nc(N)ncc4C3)c2)cc1. The number of rotatable bonds is 8. The van der Waals surface area contributed by atoms with E-state index in [9.17, 15) is 4.79 Å². The lowest BCUT2D eigenvalue weighted by Crippen LogP contribution is -2.31. The van der Waals surface area contributed by atoms with Crippen LogP contribution in [0, 0.1) is 11.8 Å². The average Bonchev–Trinajstić information content (AvgIpc) is 2.83. The number of aromatic nitrogens is 2. The highest BCUT2D eigenvalue weighted by Gasteiger charge is 2.18. The van der Waals surface area contributed by atoms with Crippen molar-refractivity contribution in [1.82, 2.24) is 14.9 Å². The molecule has 0 bridgehead atoms. The molecular formula is C27H28N4O3. The molecule has 4 rings (SSSR count). The Morgan fingerprint density at radius 3 is 2.79 bits per heavy atom. The van der Waals surface area contributed by atoms with Crippen LogP contribution in [0.25, 0.3) is 0 Å². The van der Waals surface area contributed by atoms with Gasteiger partial charge < -0.3 is 15.6 Å². The fourth-order valence-corrected chi connectivity index (χ4v) is 4.17. The van der Waals surface area contributed by atoms with Gasteiger partial charge in [0.15, 0.2) is 0 Å². The number of ether oxygens (including phenoxy) is 1. The lowest BCUT2D eigenvalue weighted by atomic mass is 9.96. The molecule has 0 aliphatic carbocycles. The van der Waals surface area contributed by atoms with Gasteiger partial charge in [-0.3, -0.25) is 9.69 Å². The minimum Gasteiger partial charge on any atom is -0.489 e. The molecule has 0 radical (unpaired) electrons. The van der Waals surface area contributed by atoms with Crippen LogP contribution in [0.3, 0.4) is 0 Å². The topological polar surface area (TPSA) is 102 Å². The van der Waals surface area contributed by atoms with Crippen LogP contribution < -0.4 is 10.5 Å². The van der Waals surface area contributed by atoms with E-state index in [4.69, 9.17) is 15.6 Å². The molecule has 7 nitrogen and oxygen atoms in total. The normalized spacial score (nSPS) is 13.9. The standard InChI is InChI=1S/C27H28N4O3/c1-2-4-22(14-26(32)33)21-7-9-24(10-8-21)34-18-20-6-3-5-19(13-20)16-31-12-11-25-23(17-31)15-29-27(28)30-25/h3,5-10,13,15,22H,11-12,14,16-18H2,1H3,(H,32,33)(H2,28,29,30). The minimum atomic E-state index is -0.861. The maximum absolute atomic E-state index is 11.1. The summed E-state index contributed by atoms with van der Waals surface area (Å²) in [5.41, 5.74) is 11.1. The summed E-state index contributed by atoms with van der Waals surface area (Å²) in [4.78, 5) is 22.0. The number of hydrogen-bond acceptors (Lipinski definition) is 6. The summed E-state index contributed by atoms with van der Waals surface area (Å²) >= 11 is 0. The van der Waals surface area contributed by atoms with Crippen LogP contribution in [0.4, 0.5) is 5.95 Å². The van der Waals surface area contributed by atoms with Gasteiger partial charge in [-0.1, -0.05) is 42.3 Å². The van der Waals surface area contributed by atoms with Crippen LogP contribution in [0.5, 0.6) is 5.75 Å². The molecule has 2 aromatic carbocycles. The quantitative estimate of drug-likeness (QED) is 0.498. The Kier molecular flexibility index (Phi) is 7.41. The highest BCUT2D eigenvalue weighted by molar-refractivity contribution is 5.69. The Morgan fingerprint density at radius 2 is 2.03 bits per heavy atom. The number of benzene rings is 2. The van der Waals surface area contributed by atoms with Crippen LogP contribution in [-0.4, -0.2) is 32.5 Å². The highest BCUT2D eigenvalue weighted by atomic mass is 16.5. The van der Waals surface area contributed by atoms with Gasteiger partial charge in [0.1, 0.15) is 12.4 Å². The molecule has 0 saturated carbocycles.